The smallest absolute Gasteiger partial charge is 0.256 e. The lowest BCUT2D eigenvalue weighted by Crippen LogP contribution is -2.41. The van der Waals surface area contributed by atoms with E-state index in [1.165, 1.54) is 16.8 Å². The first-order valence-electron chi connectivity index (χ1n) is 9.47. The van der Waals surface area contributed by atoms with Crippen molar-refractivity contribution in [3.05, 3.63) is 41.6 Å². The first-order valence-corrected chi connectivity index (χ1v) is 9.47. The molecule has 11 heteroatoms. The molecule has 0 spiro atoms. The van der Waals surface area contributed by atoms with Crippen molar-refractivity contribution in [2.24, 2.45) is 0 Å². The molecule has 30 heavy (non-hydrogen) atoms. The highest BCUT2D eigenvalue weighted by Crippen LogP contribution is 2.35. The molecule has 0 aromatic carbocycles. The zero-order valence-electron chi connectivity index (χ0n) is 16.0. The number of pyridine rings is 1. The fourth-order valence-corrected chi connectivity index (χ4v) is 3.52. The number of carbonyl (C=O) groups is 1. The fourth-order valence-electron chi connectivity index (χ4n) is 3.52. The molecule has 0 aliphatic carbocycles. The average Bonchev–Trinajstić information content (AvgIpc) is 3.14. The maximum Gasteiger partial charge on any atom is 0.256 e. The minimum absolute atomic E-state index is 0.106. The molecular weight excluding hydrogens is 398 g/mol. The van der Waals surface area contributed by atoms with Crippen LogP contribution in [0.25, 0.3) is 5.65 Å². The third-order valence-electron chi connectivity index (χ3n) is 5.09. The second-order valence-corrected chi connectivity index (χ2v) is 7.28. The van der Waals surface area contributed by atoms with Gasteiger partial charge in [0.1, 0.15) is 24.6 Å². The van der Waals surface area contributed by atoms with Gasteiger partial charge in [0.2, 0.25) is 5.88 Å². The van der Waals surface area contributed by atoms with E-state index in [0.29, 0.717) is 29.4 Å². The first kappa shape index (κ1) is 18.5. The standard InChI is InChI=1S/C19H18F2N6O3/c1-10-8-29-15-7-27-16-14(5-24-27)18(28)22-4-13(21)9-30-19-11(2-12(20)3-23-19)6-26(10)17(15)25-16/h2-3,5,7,10,13H,4,6,8-9H2,1H3,(H,22,28)/t10-,13-/m1/s1. The Labute approximate surface area is 169 Å². The number of nitrogens with one attached hydrogen (secondary N) is 1. The number of carbonyl (C=O) groups excluding carboxylic acids is 1. The van der Waals surface area contributed by atoms with Crippen molar-refractivity contribution in [1.82, 2.24) is 24.9 Å². The molecule has 156 valence electrons. The summed E-state index contributed by atoms with van der Waals surface area (Å²) >= 11 is 0. The third kappa shape index (κ3) is 3.15. The SMILES string of the molecule is C[C@@H]1COc2cn3ncc4c3nc2N1Cc1cc(F)cnc1OC[C@H](F)CNC4=O. The van der Waals surface area contributed by atoms with Crippen LogP contribution in [0.1, 0.15) is 22.8 Å². The van der Waals surface area contributed by atoms with Crippen molar-refractivity contribution in [3.8, 4) is 11.6 Å². The number of anilines is 1. The molecule has 3 aromatic heterocycles. The monoisotopic (exact) mass is 416 g/mol. The van der Waals surface area contributed by atoms with Crippen molar-refractivity contribution < 1.29 is 23.0 Å². The Kier molecular flexibility index (Phi) is 4.37. The number of hydrogen-bond donors (Lipinski definition) is 1. The maximum absolute atomic E-state index is 14.3. The molecule has 0 fully saturated rings. The largest absolute Gasteiger partial charge is 0.486 e. The van der Waals surface area contributed by atoms with Gasteiger partial charge in [-0.2, -0.15) is 5.10 Å². The lowest BCUT2D eigenvalue weighted by molar-refractivity contribution is 0.0932. The van der Waals surface area contributed by atoms with E-state index in [4.69, 9.17) is 9.47 Å². The lowest BCUT2D eigenvalue weighted by Gasteiger charge is -2.35. The summed E-state index contributed by atoms with van der Waals surface area (Å²) in [6, 6.07) is 1.21. The molecular formula is C19H18F2N6O3. The van der Waals surface area contributed by atoms with Crippen LogP contribution in [-0.2, 0) is 6.54 Å². The second kappa shape index (κ2) is 7.08. The lowest BCUT2D eigenvalue weighted by atomic mass is 10.1. The summed E-state index contributed by atoms with van der Waals surface area (Å²) < 4.78 is 41.0. The van der Waals surface area contributed by atoms with E-state index >= 15 is 0 Å². The molecule has 1 amide bonds. The number of aromatic nitrogens is 4. The number of ether oxygens (including phenoxy) is 2. The number of amides is 1. The summed E-state index contributed by atoms with van der Waals surface area (Å²) in [7, 11) is 0. The van der Waals surface area contributed by atoms with Gasteiger partial charge in [0.05, 0.1) is 37.7 Å². The Hall–Kier alpha value is -3.50. The Morgan fingerprint density at radius 3 is 3.00 bits per heavy atom. The van der Waals surface area contributed by atoms with E-state index < -0.39 is 17.9 Å². The van der Waals surface area contributed by atoms with E-state index in [9.17, 15) is 13.6 Å². The Balaban J connectivity index is 1.67. The predicted molar refractivity (Wildman–Crippen MR) is 101 cm³/mol. The number of rotatable bonds is 0. The van der Waals surface area contributed by atoms with Crippen LogP contribution in [0.2, 0.25) is 0 Å². The van der Waals surface area contributed by atoms with Crippen LogP contribution in [0, 0.1) is 5.82 Å². The molecule has 2 aliphatic rings. The summed E-state index contributed by atoms with van der Waals surface area (Å²) in [5.41, 5.74) is 0.989. The van der Waals surface area contributed by atoms with Crippen LogP contribution in [0.4, 0.5) is 14.6 Å². The fraction of sp³-hybridized carbons (Fsp3) is 0.368. The number of hydrogen-bond acceptors (Lipinski definition) is 7. The molecule has 2 atom stereocenters. The molecule has 9 nitrogen and oxygen atoms in total. The molecule has 1 N–H and O–H groups in total. The summed E-state index contributed by atoms with van der Waals surface area (Å²) in [6.45, 7) is 1.94. The quantitative estimate of drug-likeness (QED) is 0.594. The topological polar surface area (TPSA) is 93.9 Å². The van der Waals surface area contributed by atoms with Crippen LogP contribution in [0.15, 0.2) is 24.7 Å². The van der Waals surface area contributed by atoms with Gasteiger partial charge in [-0.25, -0.2) is 23.3 Å². The van der Waals surface area contributed by atoms with Crippen molar-refractivity contribution in [2.45, 2.75) is 25.7 Å². The highest BCUT2D eigenvalue weighted by atomic mass is 19.1. The molecule has 0 unspecified atom stereocenters. The van der Waals surface area contributed by atoms with Gasteiger partial charge < -0.3 is 19.7 Å². The van der Waals surface area contributed by atoms with Gasteiger partial charge in [-0.3, -0.25) is 4.79 Å². The predicted octanol–water partition coefficient (Wildman–Crippen LogP) is 1.51. The number of halogens is 2. The minimum atomic E-state index is -1.48. The first-order chi connectivity index (χ1) is 14.5. The molecule has 5 heterocycles. The van der Waals surface area contributed by atoms with Crippen LogP contribution >= 0.6 is 0 Å². The van der Waals surface area contributed by atoms with Gasteiger partial charge in [-0.05, 0) is 13.0 Å². The molecule has 0 radical (unpaired) electrons. The average molecular weight is 416 g/mol. The molecule has 0 saturated carbocycles. The number of nitrogens with zero attached hydrogens (tertiary/aromatic N) is 5. The van der Waals surface area contributed by atoms with E-state index in [2.05, 4.69) is 20.4 Å². The Morgan fingerprint density at radius 1 is 1.27 bits per heavy atom. The van der Waals surface area contributed by atoms with Gasteiger partial charge in [0.25, 0.3) is 5.91 Å². The second-order valence-electron chi connectivity index (χ2n) is 7.28. The van der Waals surface area contributed by atoms with Crippen LogP contribution in [0.3, 0.4) is 0 Å². The highest BCUT2D eigenvalue weighted by molar-refractivity contribution is 5.99. The summed E-state index contributed by atoms with van der Waals surface area (Å²) in [4.78, 5) is 23.1. The van der Waals surface area contributed by atoms with Crippen molar-refractivity contribution >= 4 is 17.4 Å². The van der Waals surface area contributed by atoms with Gasteiger partial charge in [0.15, 0.2) is 23.4 Å². The Bertz CT molecular complexity index is 1140. The van der Waals surface area contributed by atoms with E-state index in [0.717, 1.165) is 6.20 Å². The zero-order chi connectivity index (χ0) is 20.8. The number of alkyl halides is 1. The van der Waals surface area contributed by atoms with Gasteiger partial charge in [0, 0.05) is 5.56 Å². The summed E-state index contributed by atoms with van der Waals surface area (Å²) in [5.74, 6) is 0.0953. The molecule has 0 saturated heterocycles. The van der Waals surface area contributed by atoms with Gasteiger partial charge >= 0.3 is 0 Å². The van der Waals surface area contributed by atoms with E-state index in [-0.39, 0.29) is 37.2 Å². The van der Waals surface area contributed by atoms with Crippen LogP contribution in [0.5, 0.6) is 11.6 Å². The molecule has 2 aliphatic heterocycles. The summed E-state index contributed by atoms with van der Waals surface area (Å²) in [5, 5.41) is 6.69. The van der Waals surface area contributed by atoms with Crippen LogP contribution < -0.4 is 19.7 Å². The summed E-state index contributed by atoms with van der Waals surface area (Å²) in [6.07, 6.45) is 2.56. The maximum atomic E-state index is 14.3. The molecule has 3 aromatic rings. The number of fused-ring (bicyclic) bond motifs is 1. The van der Waals surface area contributed by atoms with Crippen molar-refractivity contribution in [2.75, 3.05) is 24.7 Å². The Morgan fingerprint density at radius 2 is 2.13 bits per heavy atom. The molecule has 2 bridgehead atoms. The van der Waals surface area contributed by atoms with Crippen molar-refractivity contribution in [1.29, 1.82) is 0 Å². The minimum Gasteiger partial charge on any atom is -0.486 e. The van der Waals surface area contributed by atoms with E-state index in [1.54, 1.807) is 6.20 Å². The van der Waals surface area contributed by atoms with Gasteiger partial charge in [-0.15, -0.1) is 0 Å². The van der Waals surface area contributed by atoms with Crippen LogP contribution in [-0.4, -0.2) is 57.5 Å². The molecule has 5 rings (SSSR count). The zero-order valence-corrected chi connectivity index (χ0v) is 16.0. The third-order valence-corrected chi connectivity index (χ3v) is 5.09. The normalized spacial score (nSPS) is 21.4. The highest BCUT2D eigenvalue weighted by Gasteiger charge is 2.30. The van der Waals surface area contributed by atoms with Gasteiger partial charge in [-0.1, -0.05) is 0 Å². The van der Waals surface area contributed by atoms with E-state index in [1.807, 2.05) is 11.8 Å². The van der Waals surface area contributed by atoms with Crippen molar-refractivity contribution in [3.63, 3.8) is 0 Å².